The molecular weight excluding hydrogens is 374 g/mol. The normalized spacial score (nSPS) is 19.4. The topological polar surface area (TPSA) is 66.8 Å². The van der Waals surface area contributed by atoms with E-state index in [4.69, 9.17) is 4.74 Å². The molecule has 28 heavy (non-hydrogen) atoms. The molecule has 1 heterocycles. The van der Waals surface area contributed by atoms with Crippen LogP contribution in [0.15, 0.2) is 58.8 Å². The van der Waals surface area contributed by atoms with Crippen LogP contribution in [0.3, 0.4) is 0 Å². The summed E-state index contributed by atoms with van der Waals surface area (Å²) in [7, 11) is 0. The molecule has 6 heteroatoms. The number of thioether (sulfide) groups is 1. The van der Waals surface area contributed by atoms with Crippen LogP contribution < -0.4 is 0 Å². The number of amides is 2. The first-order chi connectivity index (χ1) is 13.4. The van der Waals surface area contributed by atoms with Gasteiger partial charge in [-0.25, -0.2) is 9.69 Å². The second kappa shape index (κ2) is 8.80. The predicted octanol–water partition coefficient (Wildman–Crippen LogP) is 4.45. The Hall–Kier alpha value is -2.31. The largest absolute Gasteiger partial charge is 0.447 e. The number of ether oxygens (including phenoxy) is 1. The average Bonchev–Trinajstić information content (AvgIpc) is 3.08. The fourth-order valence-electron chi connectivity index (χ4n) is 3.15. The summed E-state index contributed by atoms with van der Waals surface area (Å²) in [6.45, 7) is 5.71. The fraction of sp³-hybridized carbons (Fsp3) is 0.364. The Morgan fingerprint density at radius 2 is 1.93 bits per heavy atom. The highest BCUT2D eigenvalue weighted by molar-refractivity contribution is 8.02. The van der Waals surface area contributed by atoms with Gasteiger partial charge in [0.1, 0.15) is 6.61 Å². The molecular formula is C22H25NO4S. The zero-order chi connectivity index (χ0) is 20.3. The lowest BCUT2D eigenvalue weighted by molar-refractivity contribution is -0.136. The summed E-state index contributed by atoms with van der Waals surface area (Å²) in [6, 6.07) is 14.0. The second-order valence-corrected chi connectivity index (χ2v) is 8.31. The van der Waals surface area contributed by atoms with E-state index in [0.29, 0.717) is 0 Å². The standard InChI is InChI=1S/C22H25NO4S/c1-14(2)19-13-27-22(26)23(19)21(25)15(3)20(24)10-11-28-18-9-8-16-6-4-5-7-17(16)12-18/h4-12,14-15,19-20,24H,13H2,1-3H3/b11-10+/t15-,19+,20-/m0/s1. The van der Waals surface area contributed by atoms with Gasteiger partial charge in [-0.1, -0.05) is 62.9 Å². The highest BCUT2D eigenvalue weighted by Gasteiger charge is 2.42. The summed E-state index contributed by atoms with van der Waals surface area (Å²) >= 11 is 1.47. The van der Waals surface area contributed by atoms with E-state index in [1.807, 2.05) is 32.0 Å². The lowest BCUT2D eigenvalue weighted by Crippen LogP contribution is -2.46. The number of cyclic esters (lactones) is 1. The minimum Gasteiger partial charge on any atom is -0.447 e. The number of carbonyl (C=O) groups excluding carboxylic acids is 2. The third-order valence-electron chi connectivity index (χ3n) is 5.02. The number of hydrogen-bond donors (Lipinski definition) is 1. The number of rotatable bonds is 6. The van der Waals surface area contributed by atoms with Gasteiger partial charge in [-0.05, 0) is 40.3 Å². The maximum Gasteiger partial charge on any atom is 0.416 e. The second-order valence-electron chi connectivity index (χ2n) is 7.33. The SMILES string of the molecule is CC(C)[C@H]1COC(=O)N1C(=O)[C@@H](C)[C@@H](O)/C=C/Sc1ccc2ccccc2c1. The molecule has 1 fully saturated rings. The van der Waals surface area contributed by atoms with Crippen LogP contribution in [0.4, 0.5) is 4.79 Å². The Balaban J connectivity index is 1.63. The molecule has 0 spiro atoms. The minimum atomic E-state index is -0.985. The van der Waals surface area contributed by atoms with Gasteiger partial charge in [0, 0.05) is 4.90 Å². The van der Waals surface area contributed by atoms with Crippen LogP contribution in [-0.2, 0) is 9.53 Å². The van der Waals surface area contributed by atoms with Gasteiger partial charge in [0.05, 0.1) is 18.1 Å². The van der Waals surface area contributed by atoms with Gasteiger partial charge in [0.2, 0.25) is 5.91 Å². The molecule has 2 aromatic rings. The maximum absolute atomic E-state index is 12.7. The van der Waals surface area contributed by atoms with Crippen LogP contribution >= 0.6 is 11.8 Å². The first kappa shape index (κ1) is 20.4. The van der Waals surface area contributed by atoms with Crippen molar-refractivity contribution in [3.05, 3.63) is 53.9 Å². The molecule has 0 aliphatic carbocycles. The molecule has 1 aliphatic rings. The van der Waals surface area contributed by atoms with Crippen molar-refractivity contribution in [3.63, 3.8) is 0 Å². The molecule has 2 aromatic carbocycles. The molecule has 1 N–H and O–H groups in total. The summed E-state index contributed by atoms with van der Waals surface area (Å²) in [6.07, 6.45) is -0.0206. The zero-order valence-corrected chi connectivity index (χ0v) is 17.1. The predicted molar refractivity (Wildman–Crippen MR) is 111 cm³/mol. The first-order valence-electron chi connectivity index (χ1n) is 9.38. The van der Waals surface area contributed by atoms with Crippen molar-refractivity contribution in [1.29, 1.82) is 0 Å². The monoisotopic (exact) mass is 399 g/mol. The molecule has 3 atom stereocenters. The van der Waals surface area contributed by atoms with E-state index in [9.17, 15) is 14.7 Å². The number of aliphatic hydroxyl groups is 1. The Bertz CT molecular complexity index is 895. The van der Waals surface area contributed by atoms with Gasteiger partial charge in [-0.2, -0.15) is 0 Å². The maximum atomic E-state index is 12.7. The molecule has 0 saturated carbocycles. The number of aliphatic hydroxyl groups excluding tert-OH is 1. The van der Waals surface area contributed by atoms with Crippen molar-refractivity contribution >= 4 is 34.5 Å². The molecule has 0 unspecified atom stereocenters. The number of imide groups is 1. The lowest BCUT2D eigenvalue weighted by atomic mass is 9.99. The van der Waals surface area contributed by atoms with Crippen molar-refractivity contribution in [2.24, 2.45) is 11.8 Å². The van der Waals surface area contributed by atoms with Crippen LogP contribution in [0.25, 0.3) is 10.8 Å². The summed E-state index contributed by atoms with van der Waals surface area (Å²) in [5, 5.41) is 14.5. The van der Waals surface area contributed by atoms with E-state index in [1.165, 1.54) is 17.1 Å². The van der Waals surface area contributed by atoms with Crippen molar-refractivity contribution < 1.29 is 19.4 Å². The van der Waals surface area contributed by atoms with E-state index in [2.05, 4.69) is 24.3 Å². The van der Waals surface area contributed by atoms with E-state index >= 15 is 0 Å². The molecule has 2 amide bonds. The summed E-state index contributed by atoms with van der Waals surface area (Å²) < 4.78 is 5.03. The summed E-state index contributed by atoms with van der Waals surface area (Å²) in [4.78, 5) is 26.9. The highest BCUT2D eigenvalue weighted by Crippen LogP contribution is 2.26. The Kier molecular flexibility index (Phi) is 6.42. The first-order valence-corrected chi connectivity index (χ1v) is 10.3. The Labute approximate surface area is 169 Å². The number of carbonyl (C=O) groups is 2. The molecule has 148 valence electrons. The smallest absolute Gasteiger partial charge is 0.416 e. The van der Waals surface area contributed by atoms with Gasteiger partial charge in [0.25, 0.3) is 0 Å². The van der Waals surface area contributed by atoms with Crippen molar-refractivity contribution in [3.8, 4) is 0 Å². The third kappa shape index (κ3) is 4.39. The van der Waals surface area contributed by atoms with Crippen LogP contribution in [0, 0.1) is 11.8 Å². The molecule has 1 saturated heterocycles. The van der Waals surface area contributed by atoms with Crippen molar-refractivity contribution in [2.45, 2.75) is 37.8 Å². The number of hydrogen-bond acceptors (Lipinski definition) is 5. The quantitative estimate of drug-likeness (QED) is 0.727. The zero-order valence-electron chi connectivity index (χ0n) is 16.2. The third-order valence-corrected chi connectivity index (χ3v) is 5.83. The summed E-state index contributed by atoms with van der Waals surface area (Å²) in [5.74, 6) is -1.05. The van der Waals surface area contributed by atoms with E-state index in [-0.39, 0.29) is 18.6 Å². The van der Waals surface area contributed by atoms with E-state index in [1.54, 1.807) is 18.4 Å². The number of nitrogens with zero attached hydrogens (tertiary/aromatic N) is 1. The van der Waals surface area contributed by atoms with Crippen LogP contribution in [-0.4, -0.2) is 40.8 Å². The van der Waals surface area contributed by atoms with Crippen molar-refractivity contribution in [2.75, 3.05) is 6.61 Å². The van der Waals surface area contributed by atoms with Crippen molar-refractivity contribution in [1.82, 2.24) is 4.90 Å². The van der Waals surface area contributed by atoms with Crippen LogP contribution in [0.1, 0.15) is 20.8 Å². The highest BCUT2D eigenvalue weighted by atomic mass is 32.2. The van der Waals surface area contributed by atoms with Gasteiger partial charge < -0.3 is 9.84 Å². The Morgan fingerprint density at radius 1 is 1.21 bits per heavy atom. The molecule has 1 aliphatic heterocycles. The molecule has 3 rings (SSSR count). The minimum absolute atomic E-state index is 0.0961. The van der Waals surface area contributed by atoms with Gasteiger partial charge in [0.15, 0.2) is 0 Å². The van der Waals surface area contributed by atoms with E-state index < -0.39 is 24.0 Å². The Morgan fingerprint density at radius 3 is 2.64 bits per heavy atom. The molecule has 5 nitrogen and oxygen atoms in total. The van der Waals surface area contributed by atoms with Gasteiger partial charge in [-0.3, -0.25) is 4.79 Å². The van der Waals surface area contributed by atoms with Crippen LogP contribution in [0.2, 0.25) is 0 Å². The molecule has 0 bridgehead atoms. The van der Waals surface area contributed by atoms with E-state index in [0.717, 1.165) is 15.2 Å². The molecule has 0 radical (unpaired) electrons. The average molecular weight is 400 g/mol. The van der Waals surface area contributed by atoms with Gasteiger partial charge in [-0.15, -0.1) is 0 Å². The number of fused-ring (bicyclic) bond motifs is 1. The number of benzene rings is 2. The lowest BCUT2D eigenvalue weighted by Gasteiger charge is -2.26. The fourth-order valence-corrected chi connectivity index (χ4v) is 3.89. The summed E-state index contributed by atoms with van der Waals surface area (Å²) in [5.41, 5.74) is 0. The van der Waals surface area contributed by atoms with Crippen LogP contribution in [0.5, 0.6) is 0 Å². The molecule has 0 aromatic heterocycles. The van der Waals surface area contributed by atoms with Gasteiger partial charge >= 0.3 is 6.09 Å².